The van der Waals surface area contributed by atoms with Crippen LogP contribution in [0.25, 0.3) is 0 Å². The number of hydrogen-bond acceptors (Lipinski definition) is 9. The number of carbonyl (C=O) groups excluding carboxylic acids is 2. The second kappa shape index (κ2) is 43.3. The van der Waals surface area contributed by atoms with E-state index in [1.165, 1.54) is 109 Å². The van der Waals surface area contributed by atoms with Crippen LogP contribution in [0.5, 0.6) is 0 Å². The smallest absolute Gasteiger partial charge is 0.462 e. The van der Waals surface area contributed by atoms with Crippen molar-refractivity contribution in [3.8, 4) is 0 Å². The molecule has 3 atom stereocenters. The Balaban J connectivity index is 4.22. The number of hydrogen-bond donors (Lipinski definition) is 3. The maximum Gasteiger partial charge on any atom is 0.472 e. The number of rotatable bonds is 44. The van der Waals surface area contributed by atoms with E-state index in [1.54, 1.807) is 0 Å². The van der Waals surface area contributed by atoms with E-state index in [4.69, 9.17) is 19.1 Å². The molecule has 0 aliphatic heterocycles. The van der Waals surface area contributed by atoms with Crippen LogP contribution >= 0.6 is 7.82 Å². The molecule has 3 N–H and O–H groups in total. The molecule has 340 valence electrons. The van der Waals surface area contributed by atoms with Crippen LogP contribution in [0.3, 0.4) is 0 Å². The van der Waals surface area contributed by atoms with Crippen LogP contribution in [-0.4, -0.2) is 65.7 Å². The van der Waals surface area contributed by atoms with Gasteiger partial charge in [-0.2, -0.15) is 0 Å². The molecule has 0 heterocycles. The highest BCUT2D eigenvalue weighted by molar-refractivity contribution is 7.47. The van der Waals surface area contributed by atoms with Crippen molar-refractivity contribution in [2.75, 3.05) is 26.4 Å². The van der Waals surface area contributed by atoms with Gasteiger partial charge in [0.2, 0.25) is 0 Å². The van der Waals surface area contributed by atoms with Crippen molar-refractivity contribution < 1.29 is 47.8 Å². The topological polar surface area (TPSA) is 149 Å². The van der Waals surface area contributed by atoms with Crippen molar-refractivity contribution in [3.63, 3.8) is 0 Å². The van der Waals surface area contributed by atoms with Crippen molar-refractivity contribution in [2.45, 2.75) is 225 Å². The SMILES string of the molecule is CCCCC/C=C/CCCCCCCC(=O)O[C@@H](COC(=O)CCC/C=C/CC/C=C/CCCCCCCCCCCCCCCC)COP(=O)(O)OC[C@H](O)CO. The quantitative estimate of drug-likeness (QED) is 0.0234. The van der Waals surface area contributed by atoms with Gasteiger partial charge in [0.1, 0.15) is 12.7 Å². The molecule has 10 nitrogen and oxygen atoms in total. The van der Waals surface area contributed by atoms with Gasteiger partial charge < -0.3 is 24.6 Å². The van der Waals surface area contributed by atoms with E-state index >= 15 is 0 Å². The predicted molar refractivity (Wildman–Crippen MR) is 238 cm³/mol. The fourth-order valence-corrected chi connectivity index (χ4v) is 7.15. The number of allylic oxidation sites excluding steroid dienone is 6. The van der Waals surface area contributed by atoms with E-state index in [1.807, 2.05) is 0 Å². The van der Waals surface area contributed by atoms with Crippen molar-refractivity contribution in [1.82, 2.24) is 0 Å². The van der Waals surface area contributed by atoms with Gasteiger partial charge in [0.25, 0.3) is 0 Å². The molecule has 0 saturated carbocycles. The Bertz CT molecular complexity index is 1060. The number of phosphoric acid groups is 1. The number of unbranched alkanes of at least 4 members (excludes halogenated alkanes) is 24. The summed E-state index contributed by atoms with van der Waals surface area (Å²) in [6, 6.07) is 0. The molecular formula is C47H87O10P. The van der Waals surface area contributed by atoms with E-state index < -0.39 is 51.8 Å². The van der Waals surface area contributed by atoms with E-state index in [2.05, 4.69) is 54.8 Å². The van der Waals surface area contributed by atoms with Crippen molar-refractivity contribution >= 4 is 19.8 Å². The Kier molecular flexibility index (Phi) is 41.9. The molecule has 0 radical (unpaired) electrons. The third-order valence-corrected chi connectivity index (χ3v) is 10.9. The zero-order valence-corrected chi connectivity index (χ0v) is 37.9. The normalized spacial score (nSPS) is 14.1. The summed E-state index contributed by atoms with van der Waals surface area (Å²) in [5.74, 6) is -0.981. The largest absolute Gasteiger partial charge is 0.472 e. The lowest BCUT2D eigenvalue weighted by Gasteiger charge is -2.20. The minimum Gasteiger partial charge on any atom is -0.462 e. The number of phosphoric ester groups is 1. The molecule has 0 bridgehead atoms. The molecule has 0 aromatic heterocycles. The number of carbonyl (C=O) groups is 2. The number of aliphatic hydroxyl groups excluding tert-OH is 2. The zero-order valence-electron chi connectivity index (χ0n) is 37.0. The predicted octanol–water partition coefficient (Wildman–Crippen LogP) is 12.7. The highest BCUT2D eigenvalue weighted by Gasteiger charge is 2.27. The van der Waals surface area contributed by atoms with Gasteiger partial charge in [-0.1, -0.05) is 166 Å². The first-order chi connectivity index (χ1) is 28.2. The van der Waals surface area contributed by atoms with Crippen LogP contribution < -0.4 is 0 Å². The Morgan fingerprint density at radius 2 is 0.879 bits per heavy atom. The first kappa shape index (κ1) is 56.2. The third kappa shape index (κ3) is 42.3. The summed E-state index contributed by atoms with van der Waals surface area (Å²) in [4.78, 5) is 35.0. The lowest BCUT2D eigenvalue weighted by Crippen LogP contribution is -2.29. The summed E-state index contributed by atoms with van der Waals surface area (Å²) in [6.45, 7) is 2.32. The summed E-state index contributed by atoms with van der Waals surface area (Å²) in [6.07, 6.45) is 45.6. The molecule has 0 aliphatic rings. The molecule has 58 heavy (non-hydrogen) atoms. The first-order valence-corrected chi connectivity index (χ1v) is 24.9. The number of aliphatic hydroxyl groups is 2. The van der Waals surface area contributed by atoms with Gasteiger partial charge in [-0.3, -0.25) is 18.6 Å². The molecule has 0 rings (SSSR count). The Morgan fingerprint density at radius 3 is 1.38 bits per heavy atom. The second-order valence-electron chi connectivity index (χ2n) is 15.8. The van der Waals surface area contributed by atoms with Crippen molar-refractivity contribution in [2.24, 2.45) is 0 Å². The average molecular weight is 843 g/mol. The van der Waals surface area contributed by atoms with Crippen LogP contribution in [0.2, 0.25) is 0 Å². The average Bonchev–Trinajstić information content (AvgIpc) is 3.21. The van der Waals surface area contributed by atoms with Gasteiger partial charge in [0.15, 0.2) is 6.10 Å². The molecular weight excluding hydrogens is 755 g/mol. The Labute approximate surface area is 354 Å². The fourth-order valence-electron chi connectivity index (χ4n) is 6.36. The van der Waals surface area contributed by atoms with Gasteiger partial charge in [-0.05, 0) is 70.6 Å². The van der Waals surface area contributed by atoms with Crippen LogP contribution in [-0.2, 0) is 32.7 Å². The van der Waals surface area contributed by atoms with E-state index in [9.17, 15) is 24.2 Å². The standard InChI is InChI=1S/C47H87O10P/c1-3-5-7-9-11-13-15-17-18-19-20-21-22-23-24-25-26-27-29-30-32-34-36-38-46(50)54-42-45(43-56-58(52,53)55-41-44(49)40-48)57-47(51)39-37-35-33-31-28-16-14-12-10-8-6-4-2/h12,14,25-26,30,32,44-45,48-49H,3-11,13,15-24,27-29,31,33-43H2,1-2H3,(H,52,53)/b14-12+,26-25+,32-30+/t44-,45+/m1/s1. The van der Waals surface area contributed by atoms with Gasteiger partial charge in [-0.25, -0.2) is 4.57 Å². The highest BCUT2D eigenvalue weighted by atomic mass is 31.2. The monoisotopic (exact) mass is 843 g/mol. The van der Waals surface area contributed by atoms with E-state index in [0.29, 0.717) is 12.8 Å². The van der Waals surface area contributed by atoms with Crippen LogP contribution in [0.15, 0.2) is 36.5 Å². The molecule has 0 saturated heterocycles. The summed E-state index contributed by atoms with van der Waals surface area (Å²) in [5.41, 5.74) is 0. The molecule has 0 aromatic carbocycles. The lowest BCUT2D eigenvalue weighted by atomic mass is 10.0. The third-order valence-electron chi connectivity index (χ3n) is 9.99. The molecule has 11 heteroatoms. The molecule has 0 amide bonds. The summed E-state index contributed by atoms with van der Waals surface area (Å²) in [5, 5.41) is 18.3. The Morgan fingerprint density at radius 1 is 0.500 bits per heavy atom. The van der Waals surface area contributed by atoms with E-state index in [-0.39, 0.29) is 19.4 Å². The van der Waals surface area contributed by atoms with Crippen LogP contribution in [0.4, 0.5) is 0 Å². The van der Waals surface area contributed by atoms with Crippen LogP contribution in [0.1, 0.15) is 213 Å². The van der Waals surface area contributed by atoms with Gasteiger partial charge >= 0.3 is 19.8 Å². The molecule has 0 fully saturated rings. The summed E-state index contributed by atoms with van der Waals surface area (Å²) < 4.78 is 32.7. The zero-order chi connectivity index (χ0) is 42.6. The van der Waals surface area contributed by atoms with Gasteiger partial charge in [-0.15, -0.1) is 0 Å². The first-order valence-electron chi connectivity index (χ1n) is 23.4. The van der Waals surface area contributed by atoms with Crippen molar-refractivity contribution in [1.29, 1.82) is 0 Å². The second-order valence-corrected chi connectivity index (χ2v) is 17.2. The van der Waals surface area contributed by atoms with E-state index in [0.717, 1.165) is 64.2 Å². The van der Waals surface area contributed by atoms with Gasteiger partial charge in [0, 0.05) is 12.8 Å². The molecule has 1 unspecified atom stereocenters. The maximum absolute atomic E-state index is 12.6. The maximum atomic E-state index is 12.6. The summed E-state index contributed by atoms with van der Waals surface area (Å²) >= 11 is 0. The molecule has 0 spiro atoms. The van der Waals surface area contributed by atoms with Gasteiger partial charge in [0.05, 0.1) is 19.8 Å². The minimum absolute atomic E-state index is 0.166. The molecule has 0 aliphatic carbocycles. The number of esters is 2. The number of ether oxygens (including phenoxy) is 2. The minimum atomic E-state index is -4.63. The highest BCUT2D eigenvalue weighted by Crippen LogP contribution is 2.43. The Hall–Kier alpha value is -1.81. The fraction of sp³-hybridized carbons (Fsp3) is 0.830. The lowest BCUT2D eigenvalue weighted by molar-refractivity contribution is -0.161. The summed E-state index contributed by atoms with van der Waals surface area (Å²) in [7, 11) is -4.63. The van der Waals surface area contributed by atoms with Crippen molar-refractivity contribution in [3.05, 3.63) is 36.5 Å². The molecule has 0 aromatic rings. The van der Waals surface area contributed by atoms with Crippen LogP contribution in [0, 0.1) is 0 Å².